The zero-order valence-electron chi connectivity index (χ0n) is 16.7. The number of nitrogens with one attached hydrogen (secondary N) is 1. The van der Waals surface area contributed by atoms with Gasteiger partial charge in [-0.25, -0.2) is 0 Å². The van der Waals surface area contributed by atoms with E-state index < -0.39 is 4.92 Å². The summed E-state index contributed by atoms with van der Waals surface area (Å²) in [5, 5.41) is 23.6. The summed E-state index contributed by atoms with van der Waals surface area (Å²) >= 11 is 7.31. The van der Waals surface area contributed by atoms with E-state index in [4.69, 9.17) is 11.6 Å². The summed E-state index contributed by atoms with van der Waals surface area (Å²) in [6.45, 7) is 2.76. The fourth-order valence-electron chi connectivity index (χ4n) is 3.53. The van der Waals surface area contributed by atoms with Crippen LogP contribution >= 0.6 is 23.4 Å². The molecule has 1 fully saturated rings. The van der Waals surface area contributed by atoms with Gasteiger partial charge >= 0.3 is 0 Å². The van der Waals surface area contributed by atoms with Crippen LogP contribution < -0.4 is 5.32 Å². The van der Waals surface area contributed by atoms with Crippen molar-refractivity contribution in [2.45, 2.75) is 36.9 Å². The number of rotatable bonds is 8. The van der Waals surface area contributed by atoms with Gasteiger partial charge in [-0.05, 0) is 49.1 Å². The Kier molecular flexibility index (Phi) is 6.24. The van der Waals surface area contributed by atoms with Gasteiger partial charge in [0.05, 0.1) is 10.7 Å². The Hall–Kier alpha value is -2.91. The summed E-state index contributed by atoms with van der Waals surface area (Å²) < 4.78 is 2.06. The highest BCUT2D eigenvalue weighted by Gasteiger charge is 2.43. The van der Waals surface area contributed by atoms with Crippen LogP contribution in [-0.4, -0.2) is 31.3 Å². The van der Waals surface area contributed by atoms with Crippen LogP contribution in [0.2, 0.25) is 5.02 Å². The quantitative estimate of drug-likeness (QED) is 0.294. The number of benzene rings is 2. The first kappa shape index (κ1) is 21.3. The van der Waals surface area contributed by atoms with Crippen molar-refractivity contribution < 1.29 is 9.72 Å². The average Bonchev–Trinajstić information content (AvgIpc) is 3.44. The summed E-state index contributed by atoms with van der Waals surface area (Å²) in [5.41, 5.74) is 1.74. The fraction of sp³-hybridized carbons (Fsp3) is 0.286. The largest absolute Gasteiger partial charge is 0.325 e. The van der Waals surface area contributed by atoms with Gasteiger partial charge in [0.2, 0.25) is 5.91 Å². The molecule has 0 aliphatic heterocycles. The second-order valence-electron chi connectivity index (χ2n) is 7.23. The number of aromatic nitrogens is 3. The lowest BCUT2D eigenvalue weighted by Crippen LogP contribution is -2.14. The van der Waals surface area contributed by atoms with Crippen molar-refractivity contribution in [1.82, 2.24) is 14.8 Å². The second kappa shape index (κ2) is 9.07. The summed E-state index contributed by atoms with van der Waals surface area (Å²) in [6, 6.07) is 13.7. The standard InChI is InChI=1S/C21H20ClN5O3S/c1-2-26-20(18-11-17(18)13-3-5-14(22)6-4-13)24-25-21(26)31-12-19(28)23-15-7-9-16(10-8-15)27(29)30/h3-10,17-18H,2,11-12H2,1H3,(H,23,28). The maximum absolute atomic E-state index is 12.3. The third-order valence-electron chi connectivity index (χ3n) is 5.18. The topological polar surface area (TPSA) is 103 Å². The lowest BCUT2D eigenvalue weighted by atomic mass is 10.1. The Morgan fingerprint density at radius 1 is 1.19 bits per heavy atom. The highest BCUT2D eigenvalue weighted by atomic mass is 35.5. The van der Waals surface area contributed by atoms with Crippen LogP contribution in [0, 0.1) is 10.1 Å². The van der Waals surface area contributed by atoms with Gasteiger partial charge in [-0.15, -0.1) is 10.2 Å². The molecule has 1 heterocycles. The number of anilines is 1. The molecular weight excluding hydrogens is 438 g/mol. The van der Waals surface area contributed by atoms with E-state index in [0.717, 1.165) is 23.8 Å². The molecule has 1 amide bonds. The molecule has 10 heteroatoms. The number of amides is 1. The SMILES string of the molecule is CCn1c(SCC(=O)Nc2ccc([N+](=O)[O-])cc2)nnc1C1CC1c1ccc(Cl)cc1. The van der Waals surface area contributed by atoms with Crippen molar-refractivity contribution in [3.63, 3.8) is 0 Å². The van der Waals surface area contributed by atoms with E-state index in [1.54, 1.807) is 0 Å². The molecule has 1 aromatic heterocycles. The van der Waals surface area contributed by atoms with E-state index in [1.165, 1.54) is 41.6 Å². The van der Waals surface area contributed by atoms with Gasteiger partial charge in [-0.2, -0.15) is 0 Å². The summed E-state index contributed by atoms with van der Waals surface area (Å²) in [6.07, 6.45) is 1.02. The molecule has 4 rings (SSSR count). The zero-order chi connectivity index (χ0) is 22.0. The van der Waals surface area contributed by atoms with Crippen LogP contribution in [0.3, 0.4) is 0 Å². The minimum Gasteiger partial charge on any atom is -0.325 e. The van der Waals surface area contributed by atoms with Crippen molar-refractivity contribution in [2.75, 3.05) is 11.1 Å². The number of nitro benzene ring substituents is 1. The van der Waals surface area contributed by atoms with E-state index in [9.17, 15) is 14.9 Å². The summed E-state index contributed by atoms with van der Waals surface area (Å²) in [7, 11) is 0. The molecule has 8 nitrogen and oxygen atoms in total. The van der Waals surface area contributed by atoms with Gasteiger partial charge in [0.25, 0.3) is 5.69 Å². The van der Waals surface area contributed by atoms with E-state index >= 15 is 0 Å². The monoisotopic (exact) mass is 457 g/mol. The Labute approximate surface area is 188 Å². The number of hydrogen-bond acceptors (Lipinski definition) is 6. The Morgan fingerprint density at radius 3 is 2.55 bits per heavy atom. The number of thioether (sulfide) groups is 1. The predicted molar refractivity (Wildman–Crippen MR) is 120 cm³/mol. The Bertz CT molecular complexity index is 1100. The number of nitrogens with zero attached hydrogens (tertiary/aromatic N) is 4. The number of hydrogen-bond donors (Lipinski definition) is 1. The smallest absolute Gasteiger partial charge is 0.269 e. The maximum atomic E-state index is 12.3. The first-order chi connectivity index (χ1) is 15.0. The van der Waals surface area contributed by atoms with Gasteiger partial charge in [-0.3, -0.25) is 14.9 Å². The summed E-state index contributed by atoms with van der Waals surface area (Å²) in [5.74, 6) is 1.63. The third kappa shape index (κ3) is 4.88. The minimum atomic E-state index is -0.478. The molecule has 31 heavy (non-hydrogen) atoms. The van der Waals surface area contributed by atoms with Gasteiger partial charge in [-0.1, -0.05) is 35.5 Å². The van der Waals surface area contributed by atoms with Crippen molar-refractivity contribution in [3.05, 3.63) is 75.1 Å². The molecule has 2 unspecified atom stereocenters. The number of halogens is 1. The predicted octanol–water partition coefficient (Wildman–Crippen LogP) is 4.86. The van der Waals surface area contributed by atoms with E-state index in [2.05, 4.69) is 32.2 Å². The maximum Gasteiger partial charge on any atom is 0.269 e. The number of carbonyl (C=O) groups is 1. The van der Waals surface area contributed by atoms with E-state index in [0.29, 0.717) is 22.7 Å². The van der Waals surface area contributed by atoms with Crippen LogP contribution in [0.15, 0.2) is 53.7 Å². The van der Waals surface area contributed by atoms with Crippen molar-refractivity contribution in [1.29, 1.82) is 0 Å². The molecule has 1 aliphatic rings. The molecular formula is C21H20ClN5O3S. The molecule has 0 spiro atoms. The summed E-state index contributed by atoms with van der Waals surface area (Å²) in [4.78, 5) is 22.5. The van der Waals surface area contributed by atoms with Crippen LogP contribution in [0.5, 0.6) is 0 Å². The van der Waals surface area contributed by atoms with Crippen LogP contribution in [0.4, 0.5) is 11.4 Å². The molecule has 0 bridgehead atoms. The lowest BCUT2D eigenvalue weighted by Gasteiger charge is -2.08. The van der Waals surface area contributed by atoms with Crippen LogP contribution in [0.25, 0.3) is 0 Å². The van der Waals surface area contributed by atoms with Gasteiger partial charge in [0.15, 0.2) is 5.16 Å². The van der Waals surface area contributed by atoms with E-state index in [-0.39, 0.29) is 17.3 Å². The first-order valence-electron chi connectivity index (χ1n) is 9.82. The average molecular weight is 458 g/mol. The van der Waals surface area contributed by atoms with Crippen LogP contribution in [-0.2, 0) is 11.3 Å². The number of non-ortho nitro benzene ring substituents is 1. The Morgan fingerprint density at radius 2 is 1.90 bits per heavy atom. The minimum absolute atomic E-state index is 0.0204. The molecule has 1 aliphatic carbocycles. The molecule has 160 valence electrons. The van der Waals surface area contributed by atoms with Crippen molar-refractivity contribution in [3.8, 4) is 0 Å². The van der Waals surface area contributed by atoms with Crippen LogP contribution in [0.1, 0.15) is 36.6 Å². The fourth-order valence-corrected chi connectivity index (χ4v) is 4.47. The Balaban J connectivity index is 1.36. The van der Waals surface area contributed by atoms with Gasteiger partial charge in [0.1, 0.15) is 5.82 Å². The van der Waals surface area contributed by atoms with Gasteiger partial charge < -0.3 is 9.88 Å². The molecule has 3 aromatic rings. The second-order valence-corrected chi connectivity index (χ2v) is 8.61. The first-order valence-corrected chi connectivity index (χ1v) is 11.2. The normalized spacial score (nSPS) is 17.4. The number of carbonyl (C=O) groups excluding carboxylic acids is 1. The third-order valence-corrected chi connectivity index (χ3v) is 6.39. The molecule has 1 N–H and O–H groups in total. The van der Waals surface area contributed by atoms with Crippen molar-refractivity contribution in [2.24, 2.45) is 0 Å². The van der Waals surface area contributed by atoms with Gasteiger partial charge in [0, 0.05) is 35.3 Å². The molecule has 2 aromatic carbocycles. The molecule has 0 radical (unpaired) electrons. The lowest BCUT2D eigenvalue weighted by molar-refractivity contribution is -0.384. The van der Waals surface area contributed by atoms with Crippen molar-refractivity contribution >= 4 is 40.6 Å². The highest BCUT2D eigenvalue weighted by molar-refractivity contribution is 7.99. The van der Waals surface area contributed by atoms with E-state index in [1.807, 2.05) is 19.1 Å². The zero-order valence-corrected chi connectivity index (χ0v) is 18.3. The molecule has 0 saturated heterocycles. The molecule has 1 saturated carbocycles. The highest BCUT2D eigenvalue weighted by Crippen LogP contribution is 2.54. The molecule has 2 atom stereocenters. The number of nitro groups is 1.